The number of thiophene rings is 1. The van der Waals surface area contributed by atoms with Crippen molar-refractivity contribution in [2.24, 2.45) is 0 Å². The van der Waals surface area contributed by atoms with E-state index in [0.29, 0.717) is 16.3 Å². The average molecular weight is 438 g/mol. The number of amides is 1. The van der Waals surface area contributed by atoms with Crippen LogP contribution in [0.5, 0.6) is 5.75 Å². The molecule has 156 valence electrons. The van der Waals surface area contributed by atoms with Crippen molar-refractivity contribution < 1.29 is 27.5 Å². The summed E-state index contributed by atoms with van der Waals surface area (Å²) in [5.41, 5.74) is 1.34. The third kappa shape index (κ3) is 4.79. The molecule has 0 fully saturated rings. The lowest BCUT2D eigenvalue weighted by molar-refractivity contribution is -0.115. The molecule has 0 saturated heterocycles. The maximum absolute atomic E-state index is 12.5. The van der Waals surface area contributed by atoms with E-state index < -0.39 is 21.7 Å². The molecule has 7 nitrogen and oxygen atoms in total. The maximum Gasteiger partial charge on any atom is 0.341 e. The molecule has 2 aromatic rings. The van der Waals surface area contributed by atoms with Crippen molar-refractivity contribution in [1.82, 2.24) is 0 Å². The molecular formula is C20H23NO6S2. The Morgan fingerprint density at radius 2 is 1.79 bits per heavy atom. The van der Waals surface area contributed by atoms with Crippen molar-refractivity contribution in [3.63, 3.8) is 0 Å². The largest absolute Gasteiger partial charge is 0.497 e. The van der Waals surface area contributed by atoms with Gasteiger partial charge >= 0.3 is 5.97 Å². The number of benzene rings is 1. The van der Waals surface area contributed by atoms with Crippen molar-refractivity contribution in [3.05, 3.63) is 40.3 Å². The number of hydrogen-bond donors (Lipinski definition) is 1. The third-order valence-corrected chi connectivity index (χ3v) is 7.77. The van der Waals surface area contributed by atoms with Gasteiger partial charge in [-0.25, -0.2) is 13.2 Å². The summed E-state index contributed by atoms with van der Waals surface area (Å²) in [4.78, 5) is 25.9. The van der Waals surface area contributed by atoms with Crippen molar-refractivity contribution >= 4 is 38.1 Å². The Labute approximate surface area is 173 Å². The minimum Gasteiger partial charge on any atom is -0.497 e. The van der Waals surface area contributed by atoms with Crippen molar-refractivity contribution in [1.29, 1.82) is 0 Å². The highest BCUT2D eigenvalue weighted by Gasteiger charge is 2.27. The zero-order chi connectivity index (χ0) is 21.0. The predicted molar refractivity (Wildman–Crippen MR) is 111 cm³/mol. The summed E-state index contributed by atoms with van der Waals surface area (Å²) in [6.07, 6.45) is 3.46. The second kappa shape index (κ2) is 8.96. The number of anilines is 1. The number of ether oxygens (including phenoxy) is 2. The number of methoxy groups -OCH3 is 2. The molecule has 0 spiro atoms. The van der Waals surface area contributed by atoms with E-state index in [9.17, 15) is 18.0 Å². The number of nitrogens with one attached hydrogen (secondary N) is 1. The highest BCUT2D eigenvalue weighted by Crippen LogP contribution is 2.38. The first kappa shape index (κ1) is 21.3. The number of rotatable bonds is 7. The molecule has 1 N–H and O–H groups in total. The highest BCUT2D eigenvalue weighted by atomic mass is 32.2. The van der Waals surface area contributed by atoms with E-state index in [0.717, 1.165) is 36.1 Å². The van der Waals surface area contributed by atoms with Gasteiger partial charge in [0.2, 0.25) is 5.91 Å². The van der Waals surface area contributed by atoms with Crippen LogP contribution in [0.1, 0.15) is 40.1 Å². The van der Waals surface area contributed by atoms with Crippen molar-refractivity contribution in [2.75, 3.05) is 25.3 Å². The average Bonchev–Trinajstić information content (AvgIpc) is 3.09. The molecule has 0 atom stereocenters. The molecule has 1 aliphatic rings. The highest BCUT2D eigenvalue weighted by molar-refractivity contribution is 7.91. The monoisotopic (exact) mass is 437 g/mol. The predicted octanol–water partition coefficient (Wildman–Crippen LogP) is 3.22. The lowest BCUT2D eigenvalue weighted by Gasteiger charge is -2.11. The van der Waals surface area contributed by atoms with Crippen LogP contribution in [-0.2, 0) is 32.2 Å². The summed E-state index contributed by atoms with van der Waals surface area (Å²) in [6, 6.07) is 6.03. The van der Waals surface area contributed by atoms with Crippen molar-refractivity contribution in [3.8, 4) is 5.75 Å². The van der Waals surface area contributed by atoms with Gasteiger partial charge in [0.05, 0.1) is 30.4 Å². The number of carbonyl (C=O) groups is 2. The Hall–Kier alpha value is -2.39. The number of carbonyl (C=O) groups excluding carboxylic acids is 2. The van der Waals surface area contributed by atoms with E-state index in [1.807, 2.05) is 0 Å². The molecule has 0 saturated carbocycles. The van der Waals surface area contributed by atoms with Crippen LogP contribution in [0.3, 0.4) is 0 Å². The summed E-state index contributed by atoms with van der Waals surface area (Å²) in [5, 5.41) is 3.16. The SMILES string of the molecule is COC(=O)c1c(NC(=O)CCS(=O)(=O)c2ccc(OC)cc2)sc2c1CCCC2. The van der Waals surface area contributed by atoms with Gasteiger partial charge in [-0.05, 0) is 55.5 Å². The van der Waals surface area contributed by atoms with Gasteiger partial charge < -0.3 is 14.8 Å². The minimum atomic E-state index is -3.61. The first-order chi connectivity index (χ1) is 13.9. The van der Waals surface area contributed by atoms with E-state index in [4.69, 9.17) is 9.47 Å². The fraction of sp³-hybridized carbons (Fsp3) is 0.400. The quantitative estimate of drug-likeness (QED) is 0.668. The smallest absolute Gasteiger partial charge is 0.341 e. The van der Waals surface area contributed by atoms with Gasteiger partial charge in [-0.3, -0.25) is 4.79 Å². The number of fused-ring (bicyclic) bond motifs is 1. The van der Waals surface area contributed by atoms with E-state index in [1.165, 1.54) is 37.7 Å². The third-order valence-electron chi connectivity index (χ3n) is 4.83. The molecule has 1 amide bonds. The zero-order valence-electron chi connectivity index (χ0n) is 16.3. The molecule has 0 bridgehead atoms. The van der Waals surface area contributed by atoms with Crippen LogP contribution in [0.2, 0.25) is 0 Å². The lowest BCUT2D eigenvalue weighted by Crippen LogP contribution is -2.18. The Morgan fingerprint density at radius 1 is 1.10 bits per heavy atom. The molecule has 1 aromatic carbocycles. The minimum absolute atomic E-state index is 0.132. The first-order valence-corrected chi connectivity index (χ1v) is 11.7. The van der Waals surface area contributed by atoms with Gasteiger partial charge in [-0.1, -0.05) is 0 Å². The second-order valence-electron chi connectivity index (χ2n) is 6.70. The zero-order valence-corrected chi connectivity index (χ0v) is 18.0. The van der Waals surface area contributed by atoms with Crippen LogP contribution in [0.25, 0.3) is 0 Å². The molecule has 3 rings (SSSR count). The molecular weight excluding hydrogens is 414 g/mol. The number of esters is 1. The van der Waals surface area contributed by atoms with Crippen LogP contribution >= 0.6 is 11.3 Å². The number of sulfone groups is 1. The van der Waals surface area contributed by atoms with E-state index in [-0.39, 0.29) is 17.1 Å². The molecule has 29 heavy (non-hydrogen) atoms. The molecule has 9 heteroatoms. The standard InChI is InChI=1S/C20H23NO6S2/c1-26-13-7-9-14(10-8-13)29(24,25)12-11-17(22)21-19-18(20(23)27-2)15-5-3-4-6-16(15)28-19/h7-10H,3-6,11-12H2,1-2H3,(H,21,22). The molecule has 0 aliphatic heterocycles. The molecule has 1 aliphatic carbocycles. The fourth-order valence-corrected chi connectivity index (χ4v) is 5.82. The van der Waals surface area contributed by atoms with Gasteiger partial charge in [-0.2, -0.15) is 0 Å². The van der Waals surface area contributed by atoms with Gasteiger partial charge in [0, 0.05) is 11.3 Å². The van der Waals surface area contributed by atoms with E-state index in [1.54, 1.807) is 12.1 Å². The summed E-state index contributed by atoms with van der Waals surface area (Å²) < 4.78 is 34.9. The van der Waals surface area contributed by atoms with Crippen LogP contribution in [0, 0.1) is 0 Å². The van der Waals surface area contributed by atoms with Gasteiger partial charge in [0.1, 0.15) is 10.8 Å². The summed E-state index contributed by atoms with van der Waals surface area (Å²) >= 11 is 1.37. The Balaban J connectivity index is 1.70. The molecule has 1 heterocycles. The fourth-order valence-electron chi connectivity index (χ4n) is 3.29. The van der Waals surface area contributed by atoms with Gasteiger partial charge in [0.25, 0.3) is 0 Å². The van der Waals surface area contributed by atoms with Crippen molar-refractivity contribution in [2.45, 2.75) is 37.0 Å². The van der Waals surface area contributed by atoms with E-state index in [2.05, 4.69) is 5.32 Å². The summed E-state index contributed by atoms with van der Waals surface area (Å²) in [7, 11) is -0.804. The topological polar surface area (TPSA) is 98.8 Å². The van der Waals surface area contributed by atoms with Crippen LogP contribution in [0.4, 0.5) is 5.00 Å². The van der Waals surface area contributed by atoms with E-state index >= 15 is 0 Å². The van der Waals surface area contributed by atoms with Gasteiger partial charge in [0.15, 0.2) is 9.84 Å². The normalized spacial score (nSPS) is 13.4. The Bertz CT molecular complexity index is 1010. The molecule has 0 unspecified atom stereocenters. The van der Waals surface area contributed by atoms with Crippen LogP contribution < -0.4 is 10.1 Å². The van der Waals surface area contributed by atoms with Crippen LogP contribution in [0.15, 0.2) is 29.2 Å². The Morgan fingerprint density at radius 3 is 2.45 bits per heavy atom. The first-order valence-electron chi connectivity index (χ1n) is 9.25. The number of hydrogen-bond acceptors (Lipinski definition) is 7. The van der Waals surface area contributed by atoms with Gasteiger partial charge in [-0.15, -0.1) is 11.3 Å². The molecule has 1 aromatic heterocycles. The summed E-state index contributed by atoms with van der Waals surface area (Å²) in [6.45, 7) is 0. The van der Waals surface area contributed by atoms with Crippen LogP contribution in [-0.4, -0.2) is 40.3 Å². The lowest BCUT2D eigenvalue weighted by atomic mass is 9.95. The number of aryl methyl sites for hydroxylation is 1. The Kier molecular flexibility index (Phi) is 6.59. The summed E-state index contributed by atoms with van der Waals surface area (Å²) in [5.74, 6) is -0.709. The second-order valence-corrected chi connectivity index (χ2v) is 9.91. The maximum atomic E-state index is 12.5. The molecule has 0 radical (unpaired) electrons.